The van der Waals surface area contributed by atoms with Crippen LogP contribution in [0, 0.1) is 0 Å². The molecular weight excluding hydrogens is 324 g/mol. The van der Waals surface area contributed by atoms with Gasteiger partial charge < -0.3 is 9.47 Å². The maximum absolute atomic E-state index is 5.79. The van der Waals surface area contributed by atoms with Crippen molar-refractivity contribution in [1.82, 2.24) is 0 Å². The quantitative estimate of drug-likeness (QED) is 0.377. The molecule has 0 fully saturated rings. The first-order chi connectivity index (χ1) is 11.3. The summed E-state index contributed by atoms with van der Waals surface area (Å²) in [4.78, 5) is 5.52. The van der Waals surface area contributed by atoms with Crippen LogP contribution in [0.25, 0.3) is 0 Å². The third-order valence-corrected chi connectivity index (χ3v) is 6.10. The highest BCUT2D eigenvalue weighted by Crippen LogP contribution is 2.59. The largest absolute Gasteiger partial charge is 0.492 e. The fourth-order valence-corrected chi connectivity index (χ4v) is 4.46. The minimum atomic E-state index is 0.801. The number of fused-ring (bicyclic) bond motifs is 2. The summed E-state index contributed by atoms with van der Waals surface area (Å²) in [5, 5.41) is 0. The Morgan fingerprint density at radius 1 is 0.696 bits per heavy atom. The first-order valence-corrected chi connectivity index (χ1v) is 9.88. The lowest BCUT2D eigenvalue weighted by Crippen LogP contribution is -1.96. The Morgan fingerprint density at radius 3 is 1.61 bits per heavy atom. The van der Waals surface area contributed by atoms with Gasteiger partial charge in [-0.1, -0.05) is 49.5 Å². The van der Waals surface area contributed by atoms with Crippen molar-refractivity contribution in [3.63, 3.8) is 0 Å². The topological polar surface area (TPSA) is 18.5 Å². The summed E-state index contributed by atoms with van der Waals surface area (Å²) in [6.45, 7) is 5.88. The molecule has 23 heavy (non-hydrogen) atoms. The van der Waals surface area contributed by atoms with E-state index in [1.165, 1.54) is 30.7 Å². The highest BCUT2D eigenvalue weighted by Gasteiger charge is 2.31. The van der Waals surface area contributed by atoms with Gasteiger partial charge in [0.2, 0.25) is 0 Å². The van der Waals surface area contributed by atoms with Gasteiger partial charge in [0.1, 0.15) is 11.5 Å². The normalized spacial score (nSPS) is 13.3. The molecule has 0 N–H and O–H groups in total. The van der Waals surface area contributed by atoms with Gasteiger partial charge in [0.25, 0.3) is 0 Å². The summed E-state index contributed by atoms with van der Waals surface area (Å²) >= 11 is 3.72. The zero-order chi connectivity index (χ0) is 15.8. The Labute approximate surface area is 146 Å². The molecule has 2 aliphatic rings. The van der Waals surface area contributed by atoms with Gasteiger partial charge in [-0.05, 0) is 42.5 Å². The van der Waals surface area contributed by atoms with Crippen LogP contribution in [0.4, 0.5) is 0 Å². The second-order valence-corrected chi connectivity index (χ2v) is 7.88. The van der Waals surface area contributed by atoms with Gasteiger partial charge in [-0.25, -0.2) is 0 Å². The van der Waals surface area contributed by atoms with Crippen molar-refractivity contribution >= 4 is 23.5 Å². The van der Waals surface area contributed by atoms with E-state index in [0.29, 0.717) is 0 Å². The highest BCUT2D eigenvalue weighted by atomic mass is 32.2. The SMILES string of the molecule is CCCOc1ccc(Cc2ccc(OCCC)c3c2S3)c2c1S2. The van der Waals surface area contributed by atoms with E-state index in [-0.39, 0.29) is 0 Å². The smallest absolute Gasteiger partial charge is 0.134 e. The van der Waals surface area contributed by atoms with E-state index < -0.39 is 0 Å². The van der Waals surface area contributed by atoms with Crippen LogP contribution in [0.2, 0.25) is 0 Å². The van der Waals surface area contributed by atoms with E-state index in [4.69, 9.17) is 9.47 Å². The Hall–Kier alpha value is -1.26. The molecule has 2 aromatic rings. The molecule has 0 atom stereocenters. The third-order valence-electron chi connectivity index (χ3n) is 3.94. The van der Waals surface area contributed by atoms with Crippen LogP contribution < -0.4 is 9.47 Å². The van der Waals surface area contributed by atoms with Crippen molar-refractivity contribution in [3.8, 4) is 11.5 Å². The standard InChI is InChI=1S/C19H20O2S2/c1-3-9-20-14-7-5-12(16-18(14)22-16)11-13-6-8-15(21-10-4-2)19-17(13)23-19/h5-8H,3-4,9-11H2,1-2H3. The first kappa shape index (κ1) is 15.3. The van der Waals surface area contributed by atoms with Crippen LogP contribution in [0.15, 0.2) is 43.8 Å². The van der Waals surface area contributed by atoms with Gasteiger partial charge in [0, 0.05) is 9.79 Å². The minimum Gasteiger partial charge on any atom is -0.492 e. The van der Waals surface area contributed by atoms with E-state index in [9.17, 15) is 0 Å². The number of hydrogen-bond donors (Lipinski definition) is 0. The summed E-state index contributed by atoms with van der Waals surface area (Å²) in [6, 6.07) is 8.72. The van der Waals surface area contributed by atoms with E-state index in [1.807, 2.05) is 23.5 Å². The maximum Gasteiger partial charge on any atom is 0.134 e. The molecule has 4 rings (SSSR count). The molecule has 0 amide bonds. The van der Waals surface area contributed by atoms with Gasteiger partial charge in [0.05, 0.1) is 23.0 Å². The Morgan fingerprint density at radius 2 is 1.17 bits per heavy atom. The second kappa shape index (κ2) is 6.33. The number of rotatable bonds is 8. The van der Waals surface area contributed by atoms with E-state index in [2.05, 4.69) is 38.1 Å². The molecule has 0 aromatic heterocycles. The van der Waals surface area contributed by atoms with Crippen LogP contribution in [0.3, 0.4) is 0 Å². The molecule has 2 heterocycles. The van der Waals surface area contributed by atoms with Gasteiger partial charge >= 0.3 is 0 Å². The predicted molar refractivity (Wildman–Crippen MR) is 95.5 cm³/mol. The van der Waals surface area contributed by atoms with E-state index in [0.717, 1.165) is 44.0 Å². The predicted octanol–water partition coefficient (Wildman–Crippen LogP) is 5.78. The van der Waals surface area contributed by atoms with Crippen molar-refractivity contribution in [1.29, 1.82) is 0 Å². The second-order valence-electron chi connectivity index (χ2n) is 5.84. The lowest BCUT2D eigenvalue weighted by atomic mass is 10.0. The Balaban J connectivity index is 1.48. The Kier molecular flexibility index (Phi) is 4.20. The highest BCUT2D eigenvalue weighted by molar-refractivity contribution is 8.05. The fourth-order valence-electron chi connectivity index (χ4n) is 2.69. The fraction of sp³-hybridized carbons (Fsp3) is 0.368. The summed E-state index contributed by atoms with van der Waals surface area (Å²) in [6.07, 6.45) is 3.11. The van der Waals surface area contributed by atoms with Crippen LogP contribution in [0.5, 0.6) is 11.5 Å². The van der Waals surface area contributed by atoms with Gasteiger partial charge in [0.15, 0.2) is 0 Å². The minimum absolute atomic E-state index is 0.801. The van der Waals surface area contributed by atoms with Crippen LogP contribution in [-0.2, 0) is 6.42 Å². The van der Waals surface area contributed by atoms with Gasteiger partial charge in [-0.3, -0.25) is 0 Å². The monoisotopic (exact) mass is 344 g/mol. The zero-order valence-electron chi connectivity index (χ0n) is 13.5. The first-order valence-electron chi connectivity index (χ1n) is 8.24. The van der Waals surface area contributed by atoms with Crippen molar-refractivity contribution in [2.24, 2.45) is 0 Å². The van der Waals surface area contributed by atoms with E-state index >= 15 is 0 Å². The van der Waals surface area contributed by atoms with Crippen LogP contribution in [0.1, 0.15) is 37.8 Å². The summed E-state index contributed by atoms with van der Waals surface area (Å²) in [5.74, 6) is 2.12. The molecule has 120 valence electrons. The lowest BCUT2D eigenvalue weighted by Gasteiger charge is -2.06. The number of ether oxygens (including phenoxy) is 2. The molecule has 2 aliphatic heterocycles. The molecule has 0 saturated heterocycles. The van der Waals surface area contributed by atoms with Crippen LogP contribution in [-0.4, -0.2) is 13.2 Å². The molecule has 0 bridgehead atoms. The third kappa shape index (κ3) is 3.07. The molecule has 0 unspecified atom stereocenters. The van der Waals surface area contributed by atoms with Crippen LogP contribution >= 0.6 is 23.5 Å². The molecule has 0 radical (unpaired) electrons. The lowest BCUT2D eigenvalue weighted by molar-refractivity contribution is 0.310. The van der Waals surface area contributed by atoms with Crippen molar-refractivity contribution in [2.75, 3.05) is 13.2 Å². The molecular formula is C19H20O2S2. The van der Waals surface area contributed by atoms with E-state index in [1.54, 1.807) is 0 Å². The molecule has 2 aromatic carbocycles. The average Bonchev–Trinajstić information content (AvgIpc) is 3.45. The van der Waals surface area contributed by atoms with Gasteiger partial charge in [-0.15, -0.1) is 0 Å². The summed E-state index contributed by atoms with van der Waals surface area (Å²) in [5.41, 5.74) is 2.84. The molecule has 0 saturated carbocycles. The maximum atomic E-state index is 5.79. The molecule has 2 nitrogen and oxygen atoms in total. The molecule has 4 heteroatoms. The summed E-state index contributed by atoms with van der Waals surface area (Å²) < 4.78 is 11.6. The van der Waals surface area contributed by atoms with Crippen molar-refractivity contribution in [2.45, 2.75) is 52.7 Å². The van der Waals surface area contributed by atoms with Crippen molar-refractivity contribution < 1.29 is 9.47 Å². The van der Waals surface area contributed by atoms with Gasteiger partial charge in [-0.2, -0.15) is 0 Å². The number of hydrogen-bond acceptors (Lipinski definition) is 4. The Bertz CT molecular complexity index is 692. The zero-order valence-corrected chi connectivity index (χ0v) is 15.1. The molecule has 0 aliphatic carbocycles. The molecule has 0 spiro atoms. The van der Waals surface area contributed by atoms with Crippen molar-refractivity contribution in [3.05, 3.63) is 35.4 Å². The number of benzene rings is 2. The summed E-state index contributed by atoms with van der Waals surface area (Å²) in [7, 11) is 0. The average molecular weight is 345 g/mol.